The largest absolute Gasteiger partial charge is 0.346 e. The molecule has 5 nitrogen and oxygen atoms in total. The Kier molecular flexibility index (Phi) is 7.50. The fourth-order valence-electron chi connectivity index (χ4n) is 3.74. The molecular formula is C26H29ClN2O3S. The first-order valence-electron chi connectivity index (χ1n) is 10.7. The van der Waals surface area contributed by atoms with Crippen molar-refractivity contribution in [1.29, 1.82) is 0 Å². The lowest BCUT2D eigenvalue weighted by Crippen LogP contribution is -2.30. The Morgan fingerprint density at radius 2 is 1.52 bits per heavy atom. The van der Waals surface area contributed by atoms with Gasteiger partial charge in [0.05, 0.1) is 24.5 Å². The molecular weight excluding hydrogens is 456 g/mol. The van der Waals surface area contributed by atoms with Crippen molar-refractivity contribution in [2.24, 2.45) is 0 Å². The van der Waals surface area contributed by atoms with Crippen molar-refractivity contribution in [3.63, 3.8) is 0 Å². The van der Waals surface area contributed by atoms with Gasteiger partial charge in [-0.1, -0.05) is 35.9 Å². The van der Waals surface area contributed by atoms with Gasteiger partial charge in [0.15, 0.2) is 0 Å². The monoisotopic (exact) mass is 484 g/mol. The third-order valence-electron chi connectivity index (χ3n) is 5.75. The number of carbonyl (C=O) groups excluding carboxylic acids is 1. The molecule has 0 heterocycles. The van der Waals surface area contributed by atoms with Gasteiger partial charge in [-0.15, -0.1) is 0 Å². The highest BCUT2D eigenvalue weighted by molar-refractivity contribution is 7.92. The molecule has 0 spiro atoms. The standard InChI is InChI=1S/C26H29ClN2O3S/c1-17-14-19(3)25(15-18(17)2)20(4)28-26(30)22-8-12-24(13-9-22)29(33(5,31)32)16-21-6-10-23(27)11-7-21/h6-15,20H,16H2,1-5H3,(H,28,30). The van der Waals surface area contributed by atoms with Crippen molar-refractivity contribution in [3.8, 4) is 0 Å². The first-order chi connectivity index (χ1) is 15.5. The van der Waals surface area contributed by atoms with E-state index >= 15 is 0 Å². The van der Waals surface area contributed by atoms with Crippen molar-refractivity contribution >= 4 is 33.2 Å². The van der Waals surface area contributed by atoms with E-state index in [-0.39, 0.29) is 18.5 Å². The van der Waals surface area contributed by atoms with E-state index in [2.05, 4.69) is 31.3 Å². The molecule has 1 atom stereocenters. The maximum atomic E-state index is 12.8. The molecule has 0 aliphatic carbocycles. The Hall–Kier alpha value is -2.83. The fraction of sp³-hybridized carbons (Fsp3) is 0.269. The number of sulfonamides is 1. The SMILES string of the molecule is Cc1cc(C)c(C(C)NC(=O)c2ccc(N(Cc3ccc(Cl)cc3)S(C)(=O)=O)cc2)cc1C. The number of benzene rings is 3. The highest BCUT2D eigenvalue weighted by Crippen LogP contribution is 2.24. The van der Waals surface area contributed by atoms with Crippen LogP contribution in [0.4, 0.5) is 5.69 Å². The molecule has 0 bridgehead atoms. The molecule has 3 aromatic rings. The zero-order chi connectivity index (χ0) is 24.3. The van der Waals surface area contributed by atoms with Crippen molar-refractivity contribution in [3.05, 3.63) is 99.1 Å². The Morgan fingerprint density at radius 1 is 0.939 bits per heavy atom. The molecule has 0 aliphatic heterocycles. The van der Waals surface area contributed by atoms with Crippen LogP contribution in [0.1, 0.15) is 51.1 Å². The maximum Gasteiger partial charge on any atom is 0.251 e. The lowest BCUT2D eigenvalue weighted by atomic mass is 9.96. The average molecular weight is 485 g/mol. The van der Waals surface area contributed by atoms with Gasteiger partial charge in [-0.05, 0) is 91.9 Å². The van der Waals surface area contributed by atoms with Crippen LogP contribution in [0.15, 0.2) is 60.7 Å². The van der Waals surface area contributed by atoms with Gasteiger partial charge in [-0.2, -0.15) is 0 Å². The topological polar surface area (TPSA) is 66.5 Å². The predicted octanol–water partition coefficient (Wildman–Crippen LogP) is 5.72. The lowest BCUT2D eigenvalue weighted by Gasteiger charge is -2.23. The second-order valence-corrected chi connectivity index (χ2v) is 10.8. The molecule has 0 aromatic heterocycles. The lowest BCUT2D eigenvalue weighted by molar-refractivity contribution is 0.0940. The smallest absolute Gasteiger partial charge is 0.251 e. The Bertz CT molecular complexity index is 1250. The van der Waals surface area contributed by atoms with Gasteiger partial charge < -0.3 is 5.32 Å². The number of hydrogen-bond donors (Lipinski definition) is 1. The van der Waals surface area contributed by atoms with Gasteiger partial charge >= 0.3 is 0 Å². The summed E-state index contributed by atoms with van der Waals surface area (Å²) < 4.78 is 26.2. The minimum Gasteiger partial charge on any atom is -0.346 e. The van der Waals surface area contributed by atoms with Crippen LogP contribution >= 0.6 is 11.6 Å². The normalized spacial score (nSPS) is 12.3. The number of rotatable bonds is 7. The molecule has 0 aliphatic rings. The van der Waals surface area contributed by atoms with E-state index in [1.165, 1.54) is 15.4 Å². The van der Waals surface area contributed by atoms with Gasteiger partial charge in [0.25, 0.3) is 5.91 Å². The molecule has 0 fully saturated rings. The van der Waals surface area contributed by atoms with E-state index in [0.29, 0.717) is 16.3 Å². The number of nitrogens with one attached hydrogen (secondary N) is 1. The van der Waals surface area contributed by atoms with E-state index in [9.17, 15) is 13.2 Å². The van der Waals surface area contributed by atoms with Crippen LogP contribution < -0.4 is 9.62 Å². The van der Waals surface area contributed by atoms with Gasteiger partial charge in [0.2, 0.25) is 10.0 Å². The second kappa shape index (κ2) is 9.98. The van der Waals surface area contributed by atoms with E-state index in [4.69, 9.17) is 11.6 Å². The molecule has 0 saturated heterocycles. The van der Waals surface area contributed by atoms with Crippen LogP contribution in [0.2, 0.25) is 5.02 Å². The number of hydrogen-bond acceptors (Lipinski definition) is 3. The molecule has 3 rings (SSSR count). The molecule has 0 saturated carbocycles. The van der Waals surface area contributed by atoms with Crippen LogP contribution in [0, 0.1) is 20.8 Å². The van der Waals surface area contributed by atoms with Crippen molar-refractivity contribution in [2.75, 3.05) is 10.6 Å². The molecule has 3 aromatic carbocycles. The molecule has 1 amide bonds. The van der Waals surface area contributed by atoms with Crippen LogP contribution in [0.25, 0.3) is 0 Å². The maximum absolute atomic E-state index is 12.8. The number of carbonyl (C=O) groups is 1. The molecule has 1 N–H and O–H groups in total. The molecule has 7 heteroatoms. The first kappa shape index (κ1) is 24.8. The Morgan fingerprint density at radius 3 is 2.09 bits per heavy atom. The third-order valence-corrected chi connectivity index (χ3v) is 7.15. The van der Waals surface area contributed by atoms with E-state index in [1.807, 2.05) is 13.8 Å². The summed E-state index contributed by atoms with van der Waals surface area (Å²) >= 11 is 5.93. The summed E-state index contributed by atoms with van der Waals surface area (Å²) in [5, 5.41) is 3.63. The quantitative estimate of drug-likeness (QED) is 0.466. The van der Waals surface area contributed by atoms with Gasteiger partial charge in [0.1, 0.15) is 0 Å². The van der Waals surface area contributed by atoms with Crippen LogP contribution in [-0.2, 0) is 16.6 Å². The summed E-state index contributed by atoms with van der Waals surface area (Å²) in [4.78, 5) is 12.8. The molecule has 1 unspecified atom stereocenters. The van der Waals surface area contributed by atoms with E-state index in [0.717, 1.165) is 22.9 Å². The van der Waals surface area contributed by atoms with Gasteiger partial charge in [-0.25, -0.2) is 8.42 Å². The summed E-state index contributed by atoms with van der Waals surface area (Å²) in [5.41, 5.74) is 6.38. The molecule has 33 heavy (non-hydrogen) atoms. The summed E-state index contributed by atoms with van der Waals surface area (Å²) in [6.07, 6.45) is 1.16. The molecule has 174 valence electrons. The zero-order valence-electron chi connectivity index (χ0n) is 19.5. The number of amides is 1. The van der Waals surface area contributed by atoms with Crippen molar-refractivity contribution in [1.82, 2.24) is 5.32 Å². The number of nitrogens with zero attached hydrogens (tertiary/aromatic N) is 1. The predicted molar refractivity (Wildman–Crippen MR) is 135 cm³/mol. The number of anilines is 1. The fourth-order valence-corrected chi connectivity index (χ4v) is 4.76. The van der Waals surface area contributed by atoms with E-state index < -0.39 is 10.0 Å². The zero-order valence-corrected chi connectivity index (χ0v) is 21.1. The Labute approximate surface area is 201 Å². The summed E-state index contributed by atoms with van der Waals surface area (Å²) in [7, 11) is -3.53. The highest BCUT2D eigenvalue weighted by atomic mass is 35.5. The molecule has 0 radical (unpaired) electrons. The Balaban J connectivity index is 1.78. The van der Waals surface area contributed by atoms with Gasteiger partial charge in [-0.3, -0.25) is 9.10 Å². The summed E-state index contributed by atoms with van der Waals surface area (Å²) in [6.45, 7) is 8.30. The average Bonchev–Trinajstić information content (AvgIpc) is 2.75. The minimum atomic E-state index is -3.53. The number of halogens is 1. The van der Waals surface area contributed by atoms with Gasteiger partial charge in [0, 0.05) is 10.6 Å². The van der Waals surface area contributed by atoms with Crippen LogP contribution in [0.5, 0.6) is 0 Å². The van der Waals surface area contributed by atoms with Crippen LogP contribution in [-0.4, -0.2) is 20.6 Å². The minimum absolute atomic E-state index is 0.158. The second-order valence-electron chi connectivity index (χ2n) is 8.43. The third kappa shape index (κ3) is 6.15. The van der Waals surface area contributed by atoms with Crippen LogP contribution in [0.3, 0.4) is 0 Å². The summed E-state index contributed by atoms with van der Waals surface area (Å²) in [6, 6.07) is 17.7. The van der Waals surface area contributed by atoms with Crippen molar-refractivity contribution in [2.45, 2.75) is 40.3 Å². The first-order valence-corrected chi connectivity index (χ1v) is 12.9. The van der Waals surface area contributed by atoms with Crippen molar-refractivity contribution < 1.29 is 13.2 Å². The highest BCUT2D eigenvalue weighted by Gasteiger charge is 2.19. The number of aryl methyl sites for hydroxylation is 3. The van der Waals surface area contributed by atoms with E-state index in [1.54, 1.807) is 48.5 Å². The summed E-state index contributed by atoms with van der Waals surface area (Å²) in [5.74, 6) is -0.213.